The van der Waals surface area contributed by atoms with Gasteiger partial charge in [-0.2, -0.15) is 0 Å². The molecule has 1 amide bonds. The zero-order chi connectivity index (χ0) is 13.7. The number of rotatable bonds is 5. The molecule has 0 aliphatic rings. The standard InChI is InChI=1S/C14H23N3O/c1-10(2)11(3)16-14(18)9-17(4)13-8-6-5-7-12(13)15/h5-8,10-11H,9,15H2,1-4H3,(H,16,18). The Labute approximate surface area is 109 Å². The van der Waals surface area contributed by atoms with Crippen LogP contribution in [-0.2, 0) is 4.79 Å². The molecule has 3 N–H and O–H groups in total. The summed E-state index contributed by atoms with van der Waals surface area (Å²) in [6.07, 6.45) is 0. The van der Waals surface area contributed by atoms with Gasteiger partial charge in [0.1, 0.15) is 0 Å². The molecule has 0 saturated carbocycles. The Bertz CT molecular complexity index is 404. The van der Waals surface area contributed by atoms with Crippen LogP contribution in [0.5, 0.6) is 0 Å². The van der Waals surface area contributed by atoms with Crippen molar-refractivity contribution in [2.45, 2.75) is 26.8 Å². The number of nitrogens with zero attached hydrogens (tertiary/aromatic N) is 1. The van der Waals surface area contributed by atoms with Crippen molar-refractivity contribution in [3.05, 3.63) is 24.3 Å². The van der Waals surface area contributed by atoms with Crippen LogP contribution in [0.2, 0.25) is 0 Å². The molecule has 0 radical (unpaired) electrons. The molecule has 18 heavy (non-hydrogen) atoms. The van der Waals surface area contributed by atoms with E-state index in [0.717, 1.165) is 5.69 Å². The SMILES string of the molecule is CC(C)C(C)NC(=O)CN(C)c1ccccc1N. The van der Waals surface area contributed by atoms with E-state index in [2.05, 4.69) is 19.2 Å². The van der Waals surface area contributed by atoms with Crippen molar-refractivity contribution in [1.29, 1.82) is 0 Å². The Hall–Kier alpha value is -1.71. The zero-order valence-corrected chi connectivity index (χ0v) is 11.6. The van der Waals surface area contributed by atoms with Gasteiger partial charge in [0.25, 0.3) is 0 Å². The van der Waals surface area contributed by atoms with Crippen molar-refractivity contribution < 1.29 is 4.79 Å². The molecular weight excluding hydrogens is 226 g/mol. The lowest BCUT2D eigenvalue weighted by molar-refractivity contribution is -0.120. The minimum absolute atomic E-state index is 0.0157. The van der Waals surface area contributed by atoms with E-state index >= 15 is 0 Å². The molecule has 4 heteroatoms. The van der Waals surface area contributed by atoms with Gasteiger partial charge in [-0.05, 0) is 25.0 Å². The number of para-hydroxylation sites is 2. The van der Waals surface area contributed by atoms with E-state index in [9.17, 15) is 4.79 Å². The summed E-state index contributed by atoms with van der Waals surface area (Å²) in [5, 5.41) is 2.98. The van der Waals surface area contributed by atoms with Gasteiger partial charge < -0.3 is 16.0 Å². The van der Waals surface area contributed by atoms with Gasteiger partial charge in [-0.3, -0.25) is 4.79 Å². The molecule has 100 valence electrons. The summed E-state index contributed by atoms with van der Waals surface area (Å²) in [6, 6.07) is 7.72. The predicted octanol–water partition coefficient (Wildman–Crippen LogP) is 1.87. The molecule has 0 heterocycles. The van der Waals surface area contributed by atoms with Crippen LogP contribution in [0, 0.1) is 5.92 Å². The largest absolute Gasteiger partial charge is 0.397 e. The maximum absolute atomic E-state index is 11.9. The monoisotopic (exact) mass is 249 g/mol. The molecule has 0 fully saturated rings. The van der Waals surface area contributed by atoms with Crippen molar-refractivity contribution in [2.24, 2.45) is 5.92 Å². The first-order valence-corrected chi connectivity index (χ1v) is 6.26. The van der Waals surface area contributed by atoms with Crippen LogP contribution in [0.15, 0.2) is 24.3 Å². The highest BCUT2D eigenvalue weighted by Gasteiger charge is 2.13. The van der Waals surface area contributed by atoms with Crippen molar-refractivity contribution in [3.8, 4) is 0 Å². The molecule has 1 atom stereocenters. The van der Waals surface area contributed by atoms with Crippen LogP contribution in [0.4, 0.5) is 11.4 Å². The Kier molecular flexibility index (Phi) is 5.01. The number of hydrogen-bond donors (Lipinski definition) is 2. The lowest BCUT2D eigenvalue weighted by Crippen LogP contribution is -2.42. The number of amides is 1. The summed E-state index contributed by atoms with van der Waals surface area (Å²) in [7, 11) is 1.87. The van der Waals surface area contributed by atoms with E-state index in [1.165, 1.54) is 0 Å². The fourth-order valence-electron chi connectivity index (χ4n) is 1.60. The maximum Gasteiger partial charge on any atom is 0.239 e. The van der Waals surface area contributed by atoms with Crippen molar-refractivity contribution >= 4 is 17.3 Å². The second-order valence-electron chi connectivity index (χ2n) is 5.02. The van der Waals surface area contributed by atoms with Gasteiger partial charge in [-0.1, -0.05) is 26.0 Å². The fourth-order valence-corrected chi connectivity index (χ4v) is 1.60. The number of benzene rings is 1. The van der Waals surface area contributed by atoms with Gasteiger partial charge in [0, 0.05) is 13.1 Å². The molecule has 0 saturated heterocycles. The second kappa shape index (κ2) is 6.28. The van der Waals surface area contributed by atoms with Crippen LogP contribution in [0.1, 0.15) is 20.8 Å². The summed E-state index contributed by atoms with van der Waals surface area (Å²) in [6.45, 7) is 6.50. The summed E-state index contributed by atoms with van der Waals surface area (Å²) in [5.74, 6) is 0.447. The number of nitrogens with one attached hydrogen (secondary N) is 1. The van der Waals surface area contributed by atoms with E-state index in [1.807, 2.05) is 43.1 Å². The van der Waals surface area contributed by atoms with Gasteiger partial charge in [0.2, 0.25) is 5.91 Å². The summed E-state index contributed by atoms with van der Waals surface area (Å²) in [4.78, 5) is 13.7. The van der Waals surface area contributed by atoms with Gasteiger partial charge in [0.15, 0.2) is 0 Å². The number of hydrogen-bond acceptors (Lipinski definition) is 3. The minimum atomic E-state index is 0.0157. The third kappa shape index (κ3) is 3.95. The zero-order valence-electron chi connectivity index (χ0n) is 11.6. The topological polar surface area (TPSA) is 58.4 Å². The maximum atomic E-state index is 11.9. The number of carbonyl (C=O) groups is 1. The molecule has 4 nitrogen and oxygen atoms in total. The Morgan fingerprint density at radius 1 is 1.33 bits per heavy atom. The first-order valence-electron chi connectivity index (χ1n) is 6.26. The van der Waals surface area contributed by atoms with Crippen LogP contribution in [-0.4, -0.2) is 25.5 Å². The van der Waals surface area contributed by atoms with Crippen LogP contribution >= 0.6 is 0 Å². The van der Waals surface area contributed by atoms with E-state index in [0.29, 0.717) is 18.2 Å². The smallest absolute Gasteiger partial charge is 0.239 e. The number of likely N-dealkylation sites (N-methyl/N-ethyl adjacent to an activating group) is 1. The molecule has 0 aromatic heterocycles. The summed E-state index contributed by atoms with van der Waals surface area (Å²) < 4.78 is 0. The highest BCUT2D eigenvalue weighted by Crippen LogP contribution is 2.20. The minimum Gasteiger partial charge on any atom is -0.397 e. The number of anilines is 2. The molecule has 1 unspecified atom stereocenters. The second-order valence-corrected chi connectivity index (χ2v) is 5.02. The highest BCUT2D eigenvalue weighted by molar-refractivity contribution is 5.83. The fraction of sp³-hybridized carbons (Fsp3) is 0.500. The van der Waals surface area contributed by atoms with Crippen LogP contribution in [0.3, 0.4) is 0 Å². The quantitative estimate of drug-likeness (QED) is 0.783. The molecule has 1 rings (SSSR count). The summed E-state index contributed by atoms with van der Waals surface area (Å²) in [5.41, 5.74) is 7.44. The van der Waals surface area contributed by atoms with E-state index in [-0.39, 0.29) is 11.9 Å². The Morgan fingerprint density at radius 2 is 1.94 bits per heavy atom. The first-order chi connectivity index (χ1) is 8.41. The average molecular weight is 249 g/mol. The van der Waals surface area contributed by atoms with E-state index < -0.39 is 0 Å². The van der Waals surface area contributed by atoms with Gasteiger partial charge >= 0.3 is 0 Å². The average Bonchev–Trinajstić information content (AvgIpc) is 2.28. The molecular formula is C14H23N3O. The van der Waals surface area contributed by atoms with Crippen molar-refractivity contribution in [3.63, 3.8) is 0 Å². The van der Waals surface area contributed by atoms with Gasteiger partial charge in [-0.15, -0.1) is 0 Å². The van der Waals surface area contributed by atoms with E-state index in [1.54, 1.807) is 0 Å². The molecule has 1 aromatic rings. The molecule has 0 spiro atoms. The molecule has 0 aliphatic heterocycles. The number of nitrogen functional groups attached to an aromatic ring is 1. The lowest BCUT2D eigenvalue weighted by Gasteiger charge is -2.23. The van der Waals surface area contributed by atoms with Crippen molar-refractivity contribution in [1.82, 2.24) is 5.32 Å². The Morgan fingerprint density at radius 3 is 2.50 bits per heavy atom. The highest BCUT2D eigenvalue weighted by atomic mass is 16.2. The van der Waals surface area contributed by atoms with Gasteiger partial charge in [0.05, 0.1) is 17.9 Å². The molecule has 1 aromatic carbocycles. The lowest BCUT2D eigenvalue weighted by atomic mass is 10.1. The van der Waals surface area contributed by atoms with E-state index in [4.69, 9.17) is 5.73 Å². The third-order valence-electron chi connectivity index (χ3n) is 3.12. The van der Waals surface area contributed by atoms with Crippen LogP contribution < -0.4 is 16.0 Å². The van der Waals surface area contributed by atoms with Gasteiger partial charge in [-0.25, -0.2) is 0 Å². The Balaban J connectivity index is 2.58. The molecule has 0 bridgehead atoms. The normalized spacial score (nSPS) is 12.3. The number of nitrogens with two attached hydrogens (primary N) is 1. The third-order valence-corrected chi connectivity index (χ3v) is 3.12. The predicted molar refractivity (Wildman–Crippen MR) is 76.6 cm³/mol. The van der Waals surface area contributed by atoms with Crippen LogP contribution in [0.25, 0.3) is 0 Å². The first kappa shape index (κ1) is 14.4. The van der Waals surface area contributed by atoms with Crippen molar-refractivity contribution in [2.75, 3.05) is 24.2 Å². The summed E-state index contributed by atoms with van der Waals surface area (Å²) >= 11 is 0. The molecule has 0 aliphatic carbocycles. The number of carbonyl (C=O) groups excluding carboxylic acids is 1.